The number of anilines is 1. The first-order valence-corrected chi connectivity index (χ1v) is 11.7. The van der Waals surface area contributed by atoms with E-state index in [-0.39, 0.29) is 6.03 Å². The zero-order valence-electron chi connectivity index (χ0n) is 17.1. The molecule has 2 aromatic carbocycles. The lowest BCUT2D eigenvalue weighted by atomic mass is 10.1. The smallest absolute Gasteiger partial charge is 0.315 e. The molecule has 1 saturated heterocycles. The van der Waals surface area contributed by atoms with Gasteiger partial charge in [-0.15, -0.1) is 0 Å². The van der Waals surface area contributed by atoms with Crippen LogP contribution in [0.15, 0.2) is 48.5 Å². The first kappa shape index (κ1) is 22.1. The van der Waals surface area contributed by atoms with Crippen LogP contribution in [0.1, 0.15) is 16.7 Å². The van der Waals surface area contributed by atoms with Crippen molar-refractivity contribution in [2.24, 2.45) is 0 Å². The maximum absolute atomic E-state index is 12.2. The maximum atomic E-state index is 12.2. The molecule has 3 N–H and O–H groups in total. The molecular formula is C21H28N4O4S. The predicted molar refractivity (Wildman–Crippen MR) is 117 cm³/mol. The van der Waals surface area contributed by atoms with Crippen molar-refractivity contribution in [3.8, 4) is 0 Å². The number of carbonyl (C=O) groups excluding carboxylic acids is 1. The fourth-order valence-corrected chi connectivity index (χ4v) is 3.82. The van der Waals surface area contributed by atoms with Crippen molar-refractivity contribution in [3.05, 3.63) is 65.2 Å². The Balaban J connectivity index is 1.50. The van der Waals surface area contributed by atoms with Crippen molar-refractivity contribution in [2.45, 2.75) is 19.6 Å². The summed E-state index contributed by atoms with van der Waals surface area (Å²) in [5.74, 6) is 0. The van der Waals surface area contributed by atoms with E-state index in [1.807, 2.05) is 24.3 Å². The highest BCUT2D eigenvalue weighted by atomic mass is 32.2. The van der Waals surface area contributed by atoms with E-state index in [1.165, 1.54) is 5.56 Å². The van der Waals surface area contributed by atoms with E-state index < -0.39 is 10.0 Å². The molecule has 0 bridgehead atoms. The topological polar surface area (TPSA) is 99.8 Å². The Morgan fingerprint density at radius 3 is 2.43 bits per heavy atom. The number of urea groups is 1. The van der Waals surface area contributed by atoms with Gasteiger partial charge in [0.25, 0.3) is 0 Å². The highest BCUT2D eigenvalue weighted by Gasteiger charge is 2.13. The Kier molecular flexibility index (Phi) is 7.67. The van der Waals surface area contributed by atoms with Crippen LogP contribution in [-0.2, 0) is 34.4 Å². The quantitative estimate of drug-likeness (QED) is 0.592. The fourth-order valence-electron chi connectivity index (χ4n) is 3.26. The van der Waals surface area contributed by atoms with E-state index in [2.05, 4.69) is 26.3 Å². The number of ether oxygens (including phenoxy) is 1. The molecule has 1 aliphatic rings. The van der Waals surface area contributed by atoms with Crippen LogP contribution in [0.2, 0.25) is 0 Å². The van der Waals surface area contributed by atoms with Gasteiger partial charge in [0, 0.05) is 38.4 Å². The second-order valence-corrected chi connectivity index (χ2v) is 9.02. The zero-order valence-corrected chi connectivity index (χ0v) is 17.9. The van der Waals surface area contributed by atoms with Gasteiger partial charge in [0.1, 0.15) is 0 Å². The van der Waals surface area contributed by atoms with Gasteiger partial charge in [0.2, 0.25) is 10.0 Å². The van der Waals surface area contributed by atoms with Gasteiger partial charge in [-0.05, 0) is 28.8 Å². The minimum atomic E-state index is -3.34. The number of carbonyl (C=O) groups is 1. The van der Waals surface area contributed by atoms with Crippen LogP contribution in [0.3, 0.4) is 0 Å². The van der Waals surface area contributed by atoms with E-state index in [1.54, 1.807) is 18.2 Å². The number of benzene rings is 2. The van der Waals surface area contributed by atoms with E-state index >= 15 is 0 Å². The molecule has 2 aromatic rings. The zero-order chi connectivity index (χ0) is 21.4. The first-order valence-electron chi connectivity index (χ1n) is 9.84. The molecule has 0 atom stereocenters. The normalized spacial score (nSPS) is 14.8. The highest BCUT2D eigenvalue weighted by molar-refractivity contribution is 7.92. The molecule has 30 heavy (non-hydrogen) atoms. The summed E-state index contributed by atoms with van der Waals surface area (Å²) < 4.78 is 30.5. The summed E-state index contributed by atoms with van der Waals surface area (Å²) in [5.41, 5.74) is 3.54. The molecular weight excluding hydrogens is 404 g/mol. The molecule has 162 valence electrons. The first-order chi connectivity index (χ1) is 14.4. The van der Waals surface area contributed by atoms with Crippen molar-refractivity contribution in [3.63, 3.8) is 0 Å². The molecule has 1 heterocycles. The number of nitrogens with zero attached hydrogens (tertiary/aromatic N) is 1. The number of nitrogens with one attached hydrogen (secondary N) is 3. The van der Waals surface area contributed by atoms with E-state index in [4.69, 9.17) is 4.74 Å². The standard InChI is InChI=1S/C21H28N4O4S/c1-30(27,28)24-20-8-4-5-17(13-20)14-22-21(26)23-15-18-6-2-3-7-19(18)16-25-9-11-29-12-10-25/h2-8,13,24H,9-12,14-16H2,1H3,(H2,22,23,26). The number of rotatable bonds is 8. The lowest BCUT2D eigenvalue weighted by Crippen LogP contribution is -2.37. The predicted octanol–water partition coefficient (Wildman–Crippen LogP) is 1.89. The summed E-state index contributed by atoms with van der Waals surface area (Å²) in [5, 5.41) is 5.70. The van der Waals surface area contributed by atoms with Crippen LogP contribution in [0.5, 0.6) is 0 Å². The summed E-state index contributed by atoms with van der Waals surface area (Å²) >= 11 is 0. The maximum Gasteiger partial charge on any atom is 0.315 e. The lowest BCUT2D eigenvalue weighted by molar-refractivity contribution is 0.0341. The van der Waals surface area contributed by atoms with Gasteiger partial charge in [-0.1, -0.05) is 36.4 Å². The minimum Gasteiger partial charge on any atom is -0.379 e. The van der Waals surface area contributed by atoms with Crippen molar-refractivity contribution in [1.82, 2.24) is 15.5 Å². The van der Waals surface area contributed by atoms with Crippen LogP contribution in [0.25, 0.3) is 0 Å². The monoisotopic (exact) mass is 432 g/mol. The Morgan fingerprint density at radius 2 is 1.70 bits per heavy atom. The van der Waals surface area contributed by atoms with Crippen LogP contribution in [0, 0.1) is 0 Å². The molecule has 2 amide bonds. The average Bonchev–Trinajstić information content (AvgIpc) is 2.71. The van der Waals surface area contributed by atoms with Gasteiger partial charge < -0.3 is 15.4 Å². The number of morpholine rings is 1. The molecule has 1 aliphatic heterocycles. The van der Waals surface area contributed by atoms with E-state index in [0.29, 0.717) is 18.8 Å². The molecule has 0 saturated carbocycles. The van der Waals surface area contributed by atoms with E-state index in [0.717, 1.165) is 50.2 Å². The molecule has 3 rings (SSSR count). The number of hydrogen-bond acceptors (Lipinski definition) is 5. The van der Waals surface area contributed by atoms with Gasteiger partial charge in [0.05, 0.1) is 19.5 Å². The second kappa shape index (κ2) is 10.4. The number of amides is 2. The van der Waals surface area contributed by atoms with Crippen LogP contribution >= 0.6 is 0 Å². The molecule has 0 radical (unpaired) electrons. The van der Waals surface area contributed by atoms with Gasteiger partial charge in [-0.2, -0.15) is 0 Å². The summed E-state index contributed by atoms with van der Waals surface area (Å²) in [4.78, 5) is 14.6. The molecule has 0 spiro atoms. The largest absolute Gasteiger partial charge is 0.379 e. The highest BCUT2D eigenvalue weighted by Crippen LogP contribution is 2.14. The molecule has 0 aliphatic carbocycles. The Labute approximate surface area is 177 Å². The Hall–Kier alpha value is -2.62. The SMILES string of the molecule is CS(=O)(=O)Nc1cccc(CNC(=O)NCc2ccccc2CN2CCOCC2)c1. The molecule has 1 fully saturated rings. The van der Waals surface area contributed by atoms with E-state index in [9.17, 15) is 13.2 Å². The third-order valence-electron chi connectivity index (χ3n) is 4.74. The molecule has 9 heteroatoms. The lowest BCUT2D eigenvalue weighted by Gasteiger charge is -2.27. The molecule has 8 nitrogen and oxygen atoms in total. The Bertz CT molecular complexity index is 959. The van der Waals surface area contributed by atoms with Crippen molar-refractivity contribution >= 4 is 21.7 Å². The summed E-state index contributed by atoms with van der Waals surface area (Å²) in [6.07, 6.45) is 1.10. The molecule has 0 unspecified atom stereocenters. The van der Waals surface area contributed by atoms with Gasteiger partial charge in [0.15, 0.2) is 0 Å². The van der Waals surface area contributed by atoms with Gasteiger partial charge in [-0.3, -0.25) is 9.62 Å². The fraction of sp³-hybridized carbons (Fsp3) is 0.381. The van der Waals surface area contributed by atoms with Crippen molar-refractivity contribution < 1.29 is 17.9 Å². The minimum absolute atomic E-state index is 0.280. The second-order valence-electron chi connectivity index (χ2n) is 7.27. The number of sulfonamides is 1. The van der Waals surface area contributed by atoms with Crippen LogP contribution in [0.4, 0.5) is 10.5 Å². The van der Waals surface area contributed by atoms with Crippen molar-refractivity contribution in [2.75, 3.05) is 37.3 Å². The average molecular weight is 433 g/mol. The van der Waals surface area contributed by atoms with Crippen LogP contribution in [-0.4, -0.2) is 51.9 Å². The summed E-state index contributed by atoms with van der Waals surface area (Å²) in [6, 6.07) is 14.7. The third-order valence-corrected chi connectivity index (χ3v) is 5.35. The van der Waals surface area contributed by atoms with Gasteiger partial charge >= 0.3 is 6.03 Å². The summed E-state index contributed by atoms with van der Waals surface area (Å²) in [7, 11) is -3.34. The van der Waals surface area contributed by atoms with Crippen molar-refractivity contribution in [1.29, 1.82) is 0 Å². The number of hydrogen-bond donors (Lipinski definition) is 3. The summed E-state index contributed by atoms with van der Waals surface area (Å²) in [6.45, 7) is 4.89. The Morgan fingerprint density at radius 1 is 1.00 bits per heavy atom. The third kappa shape index (κ3) is 7.33. The molecule has 0 aromatic heterocycles. The van der Waals surface area contributed by atoms with Crippen LogP contribution < -0.4 is 15.4 Å². The van der Waals surface area contributed by atoms with Gasteiger partial charge in [-0.25, -0.2) is 13.2 Å².